The van der Waals surface area contributed by atoms with Crippen LogP contribution in [-0.2, 0) is 25.5 Å². The highest BCUT2D eigenvalue weighted by Gasteiger charge is 2.55. The third kappa shape index (κ3) is 3.23. The van der Waals surface area contributed by atoms with E-state index in [9.17, 15) is 14.4 Å². The highest BCUT2D eigenvalue weighted by atomic mass is 35.5. The van der Waals surface area contributed by atoms with Gasteiger partial charge in [0.1, 0.15) is 17.1 Å². The molecule has 3 rings (SSSR count). The van der Waals surface area contributed by atoms with Gasteiger partial charge in [-0.3, -0.25) is 14.5 Å². The highest BCUT2D eigenvalue weighted by molar-refractivity contribution is 8.04. The van der Waals surface area contributed by atoms with Crippen LogP contribution >= 0.6 is 34.7 Å². The molecule has 0 spiro atoms. The first-order chi connectivity index (χ1) is 12.0. The van der Waals surface area contributed by atoms with Crippen LogP contribution in [0.25, 0.3) is 0 Å². The fourth-order valence-electron chi connectivity index (χ4n) is 2.70. The van der Waals surface area contributed by atoms with Crippen molar-refractivity contribution in [3.8, 4) is 0 Å². The molecule has 1 saturated heterocycles. The molecule has 2 aliphatic rings. The second-order valence-corrected chi connectivity index (χ2v) is 7.90. The van der Waals surface area contributed by atoms with Gasteiger partial charge in [-0.1, -0.05) is 24.4 Å². The number of allylic oxidation sites excluding steroid dienone is 1. The highest BCUT2D eigenvalue weighted by Crippen LogP contribution is 2.46. The van der Waals surface area contributed by atoms with E-state index in [0.717, 1.165) is 4.88 Å². The van der Waals surface area contributed by atoms with E-state index in [0.29, 0.717) is 10.5 Å². The van der Waals surface area contributed by atoms with Gasteiger partial charge in [-0.15, -0.1) is 22.9 Å². The molecule has 2 atom stereocenters. The van der Waals surface area contributed by atoms with Crippen molar-refractivity contribution in [2.24, 2.45) is 0 Å². The lowest BCUT2D eigenvalue weighted by atomic mass is 10.0. The predicted molar refractivity (Wildman–Crippen MR) is 99.7 cm³/mol. The standard InChI is InChI=1S/C15H14BClN2O4S2/c1-7-9(6-17)12(15(22)23-16)19-13(21)11(14(19)25-7)18-10(20)5-8-3-2-4-24-8/h2-4,11,14H,1,5-6,16H2,(H,18,20)/t11-,14-/m1/s1. The van der Waals surface area contributed by atoms with Gasteiger partial charge in [-0.25, -0.2) is 4.79 Å². The Labute approximate surface area is 158 Å². The molecule has 1 aromatic heterocycles. The minimum Gasteiger partial charge on any atom is -0.539 e. The number of nitrogens with zero attached hydrogens (tertiary/aromatic N) is 1. The van der Waals surface area contributed by atoms with Crippen LogP contribution in [0.3, 0.4) is 0 Å². The molecule has 0 aromatic carbocycles. The zero-order valence-electron chi connectivity index (χ0n) is 13.3. The monoisotopic (exact) mass is 396 g/mol. The molecule has 0 bridgehead atoms. The minimum absolute atomic E-state index is 0.0438. The van der Waals surface area contributed by atoms with Crippen molar-refractivity contribution in [1.29, 1.82) is 0 Å². The number of fused-ring (bicyclic) bond motifs is 1. The molecule has 6 nitrogen and oxygen atoms in total. The van der Waals surface area contributed by atoms with E-state index in [2.05, 4.69) is 11.9 Å². The molecule has 1 N–H and O–H groups in total. The van der Waals surface area contributed by atoms with Crippen LogP contribution in [-0.4, -0.2) is 48.0 Å². The zero-order chi connectivity index (χ0) is 18.1. The minimum atomic E-state index is -0.703. The van der Waals surface area contributed by atoms with E-state index >= 15 is 0 Å². The Hall–Kier alpha value is -1.71. The molecule has 10 heteroatoms. The number of β-lactam (4-membered cyclic amide) rings is 1. The van der Waals surface area contributed by atoms with E-state index in [1.54, 1.807) is 0 Å². The van der Waals surface area contributed by atoms with Gasteiger partial charge < -0.3 is 9.97 Å². The fourth-order valence-corrected chi connectivity index (χ4v) is 5.01. The molecule has 1 fully saturated rings. The van der Waals surface area contributed by atoms with Crippen LogP contribution in [0.15, 0.2) is 40.3 Å². The first kappa shape index (κ1) is 18.1. The van der Waals surface area contributed by atoms with Crippen LogP contribution < -0.4 is 5.32 Å². The number of amides is 2. The molecule has 0 radical (unpaired) electrons. The summed E-state index contributed by atoms with van der Waals surface area (Å²) in [4.78, 5) is 39.6. The van der Waals surface area contributed by atoms with Crippen molar-refractivity contribution in [3.05, 3.63) is 45.1 Å². The number of hydrogen-bond acceptors (Lipinski definition) is 6. The summed E-state index contributed by atoms with van der Waals surface area (Å²) in [6, 6.07) is 3.03. The number of rotatable bonds is 5. The fraction of sp³-hybridized carbons (Fsp3) is 0.267. The summed E-state index contributed by atoms with van der Waals surface area (Å²) in [6.45, 7) is 3.92. The number of nitrogens with one attached hydrogen (secondary N) is 1. The number of carbonyl (C=O) groups excluding carboxylic acids is 3. The van der Waals surface area contributed by atoms with Crippen molar-refractivity contribution in [2.75, 3.05) is 5.88 Å². The van der Waals surface area contributed by atoms with Gasteiger partial charge in [-0.05, 0) is 11.4 Å². The van der Waals surface area contributed by atoms with Gasteiger partial charge in [0.15, 0.2) is 0 Å². The van der Waals surface area contributed by atoms with E-state index in [1.165, 1.54) is 36.0 Å². The van der Waals surface area contributed by atoms with Gasteiger partial charge in [0.25, 0.3) is 5.91 Å². The smallest absolute Gasteiger partial charge is 0.337 e. The lowest BCUT2D eigenvalue weighted by Crippen LogP contribution is -2.70. The molecule has 3 heterocycles. The maximum absolute atomic E-state index is 12.5. The average Bonchev–Trinajstić information content (AvgIpc) is 3.10. The molecule has 0 saturated carbocycles. The Balaban J connectivity index is 1.77. The van der Waals surface area contributed by atoms with E-state index in [1.807, 2.05) is 17.5 Å². The quantitative estimate of drug-likeness (QED) is 0.452. The summed E-state index contributed by atoms with van der Waals surface area (Å²) >= 11 is 8.70. The number of thiophene rings is 1. The van der Waals surface area contributed by atoms with Crippen LogP contribution in [0.4, 0.5) is 0 Å². The van der Waals surface area contributed by atoms with Crippen molar-refractivity contribution < 1.29 is 19.0 Å². The van der Waals surface area contributed by atoms with Crippen molar-refractivity contribution in [1.82, 2.24) is 10.2 Å². The number of halogens is 1. The summed E-state index contributed by atoms with van der Waals surface area (Å²) < 4.78 is 4.77. The van der Waals surface area contributed by atoms with E-state index in [4.69, 9.17) is 16.3 Å². The summed E-state index contributed by atoms with van der Waals surface area (Å²) in [6.07, 6.45) is 0.215. The topological polar surface area (TPSA) is 75.7 Å². The molecule has 0 aliphatic carbocycles. The SMILES string of the molecule is BOC(=O)C1=C(CCl)C(=C)S[C@@H]2[C@H](NC(=O)Cc3cccs3)C(=O)N12. The normalized spacial score (nSPS) is 22.4. The third-order valence-corrected chi connectivity index (χ3v) is 6.31. The first-order valence-corrected chi connectivity index (χ1v) is 9.65. The second-order valence-electron chi connectivity index (χ2n) is 5.39. The molecule has 25 heavy (non-hydrogen) atoms. The lowest BCUT2D eigenvalue weighted by Gasteiger charge is -2.50. The first-order valence-electron chi connectivity index (χ1n) is 7.36. The predicted octanol–water partition coefficient (Wildman–Crippen LogP) is 0.788. The zero-order valence-corrected chi connectivity index (χ0v) is 15.7. The van der Waals surface area contributed by atoms with Gasteiger partial charge in [0, 0.05) is 15.4 Å². The van der Waals surface area contributed by atoms with E-state index < -0.39 is 17.4 Å². The largest absolute Gasteiger partial charge is 0.539 e. The van der Waals surface area contributed by atoms with Gasteiger partial charge in [0.2, 0.25) is 5.91 Å². The maximum Gasteiger partial charge on any atom is 0.337 e. The maximum atomic E-state index is 12.5. The summed E-state index contributed by atoms with van der Waals surface area (Å²) in [5.74, 6) is -1.19. The second kappa shape index (κ2) is 7.27. The Morgan fingerprint density at radius 3 is 2.84 bits per heavy atom. The summed E-state index contributed by atoms with van der Waals surface area (Å²) in [7, 11) is 1.24. The average molecular weight is 397 g/mol. The summed E-state index contributed by atoms with van der Waals surface area (Å²) in [5, 5.41) is 4.21. The van der Waals surface area contributed by atoms with E-state index in [-0.39, 0.29) is 29.8 Å². The third-order valence-electron chi connectivity index (χ3n) is 3.91. The number of thioether (sulfide) groups is 1. The van der Waals surface area contributed by atoms with Crippen molar-refractivity contribution >= 4 is 60.5 Å². The summed E-state index contributed by atoms with van der Waals surface area (Å²) in [5.41, 5.74) is 0.589. The molecule has 2 amide bonds. The van der Waals surface area contributed by atoms with Crippen molar-refractivity contribution in [3.63, 3.8) is 0 Å². The molecule has 130 valence electrons. The molecular formula is C15H14BClN2O4S2. The van der Waals surface area contributed by atoms with Crippen molar-refractivity contribution in [2.45, 2.75) is 17.8 Å². The number of carbonyl (C=O) groups is 3. The Kier molecular flexibility index (Phi) is 5.26. The molecule has 0 unspecified atom stereocenters. The van der Waals surface area contributed by atoms with Crippen LogP contribution in [0.2, 0.25) is 0 Å². The van der Waals surface area contributed by atoms with Crippen LogP contribution in [0.5, 0.6) is 0 Å². The molecule has 2 aliphatic heterocycles. The number of alkyl halides is 1. The van der Waals surface area contributed by atoms with Gasteiger partial charge in [-0.2, -0.15) is 0 Å². The Morgan fingerprint density at radius 2 is 2.24 bits per heavy atom. The molecule has 1 aromatic rings. The Morgan fingerprint density at radius 1 is 1.48 bits per heavy atom. The van der Waals surface area contributed by atoms with Crippen LogP contribution in [0.1, 0.15) is 4.88 Å². The lowest BCUT2D eigenvalue weighted by molar-refractivity contribution is -0.149. The van der Waals surface area contributed by atoms with Gasteiger partial charge in [0.05, 0.1) is 12.3 Å². The van der Waals surface area contributed by atoms with Crippen LogP contribution in [0, 0.1) is 0 Å². The number of hydrogen-bond donors (Lipinski definition) is 1. The van der Waals surface area contributed by atoms with Gasteiger partial charge >= 0.3 is 14.0 Å². The molecular weight excluding hydrogens is 383 g/mol. The Bertz CT molecular complexity index is 781.